The van der Waals surface area contributed by atoms with Crippen molar-refractivity contribution < 1.29 is 24.9 Å². The second-order valence-corrected chi connectivity index (χ2v) is 5.38. The average Bonchev–Trinajstić information content (AvgIpc) is 2.44. The molecule has 0 saturated heterocycles. The summed E-state index contributed by atoms with van der Waals surface area (Å²) in [6.45, 7) is -0.0668. The van der Waals surface area contributed by atoms with E-state index in [0.29, 0.717) is 5.75 Å². The van der Waals surface area contributed by atoms with Crippen molar-refractivity contribution in [3.05, 3.63) is 28.2 Å². The molecule has 0 unspecified atom stereocenters. The van der Waals surface area contributed by atoms with Crippen molar-refractivity contribution in [1.82, 2.24) is 5.32 Å². The molecule has 0 heterocycles. The maximum atomic E-state index is 11.7. The van der Waals surface area contributed by atoms with Crippen LogP contribution >= 0.6 is 15.9 Å². The largest absolute Gasteiger partial charge is 0.483 e. The Morgan fingerprint density at radius 2 is 1.90 bits per heavy atom. The van der Waals surface area contributed by atoms with Crippen molar-refractivity contribution >= 4 is 21.8 Å². The van der Waals surface area contributed by atoms with Crippen LogP contribution in [0.3, 0.4) is 0 Å². The molecule has 0 aromatic heterocycles. The van der Waals surface area contributed by atoms with Gasteiger partial charge in [0.25, 0.3) is 5.91 Å². The number of carbonyl (C=O) groups is 1. The molecule has 0 aliphatic heterocycles. The molecule has 20 heavy (non-hydrogen) atoms. The van der Waals surface area contributed by atoms with Gasteiger partial charge in [-0.25, -0.2) is 0 Å². The molecule has 6 nitrogen and oxygen atoms in total. The molecule has 0 radical (unpaired) electrons. The number of ether oxygens (including phenoxy) is 1. The van der Waals surface area contributed by atoms with Crippen LogP contribution in [0.5, 0.6) is 5.75 Å². The van der Waals surface area contributed by atoms with Crippen molar-refractivity contribution in [3.63, 3.8) is 0 Å². The molecular weight excluding hydrogens is 330 g/mol. The minimum Gasteiger partial charge on any atom is -0.483 e. The number of benzene rings is 1. The Morgan fingerprint density at radius 3 is 2.40 bits per heavy atom. The van der Waals surface area contributed by atoms with Crippen molar-refractivity contribution in [2.24, 2.45) is 0 Å². The summed E-state index contributed by atoms with van der Waals surface area (Å²) < 4.78 is 6.05. The second-order valence-electron chi connectivity index (χ2n) is 4.53. The number of nitrogens with one attached hydrogen (secondary N) is 1. The third-order valence-corrected chi connectivity index (χ3v) is 3.38. The highest BCUT2D eigenvalue weighted by atomic mass is 79.9. The first-order chi connectivity index (χ1) is 9.46. The lowest BCUT2D eigenvalue weighted by Gasteiger charge is -2.28. The number of rotatable bonds is 7. The predicted octanol–water partition coefficient (Wildman–Crippen LogP) is -0.0318. The van der Waals surface area contributed by atoms with Crippen LogP contribution in [-0.4, -0.2) is 53.2 Å². The van der Waals surface area contributed by atoms with Gasteiger partial charge in [-0.3, -0.25) is 4.79 Å². The highest BCUT2D eigenvalue weighted by Crippen LogP contribution is 2.25. The zero-order valence-corrected chi connectivity index (χ0v) is 12.7. The molecule has 4 N–H and O–H groups in total. The Morgan fingerprint density at radius 1 is 1.30 bits per heavy atom. The smallest absolute Gasteiger partial charge is 0.258 e. The minimum absolute atomic E-state index is 0.288. The van der Waals surface area contributed by atoms with E-state index in [9.17, 15) is 4.79 Å². The van der Waals surface area contributed by atoms with Gasteiger partial charge in [0, 0.05) is 0 Å². The van der Waals surface area contributed by atoms with Crippen LogP contribution in [0.2, 0.25) is 0 Å². The number of aliphatic hydroxyl groups is 3. The quantitative estimate of drug-likeness (QED) is 0.555. The van der Waals surface area contributed by atoms with E-state index in [1.807, 2.05) is 19.1 Å². The zero-order valence-electron chi connectivity index (χ0n) is 11.1. The topological polar surface area (TPSA) is 99.0 Å². The maximum absolute atomic E-state index is 11.7. The molecule has 0 aliphatic rings. The molecule has 1 rings (SSSR count). The van der Waals surface area contributed by atoms with Crippen molar-refractivity contribution in [2.45, 2.75) is 12.5 Å². The fourth-order valence-corrected chi connectivity index (χ4v) is 2.07. The van der Waals surface area contributed by atoms with Gasteiger partial charge in [0.05, 0.1) is 24.3 Å². The minimum atomic E-state index is -1.44. The molecule has 1 aromatic carbocycles. The van der Waals surface area contributed by atoms with E-state index in [-0.39, 0.29) is 6.61 Å². The number of halogens is 1. The van der Waals surface area contributed by atoms with E-state index in [4.69, 9.17) is 20.1 Å². The fourth-order valence-electron chi connectivity index (χ4n) is 1.47. The summed E-state index contributed by atoms with van der Waals surface area (Å²) in [5, 5.41) is 29.7. The molecule has 7 heteroatoms. The van der Waals surface area contributed by atoms with Crippen LogP contribution in [0.4, 0.5) is 0 Å². The summed E-state index contributed by atoms with van der Waals surface area (Å²) >= 11 is 3.32. The van der Waals surface area contributed by atoms with Crippen LogP contribution in [0.15, 0.2) is 22.7 Å². The number of hydrogen-bond donors (Lipinski definition) is 4. The van der Waals surface area contributed by atoms with E-state index in [0.717, 1.165) is 10.0 Å². The van der Waals surface area contributed by atoms with Crippen LogP contribution < -0.4 is 10.1 Å². The van der Waals surface area contributed by atoms with Crippen molar-refractivity contribution in [2.75, 3.05) is 26.4 Å². The van der Waals surface area contributed by atoms with E-state index < -0.39 is 31.3 Å². The summed E-state index contributed by atoms with van der Waals surface area (Å²) in [4.78, 5) is 11.7. The fraction of sp³-hybridized carbons (Fsp3) is 0.462. The third-order valence-electron chi connectivity index (χ3n) is 2.76. The summed E-state index contributed by atoms with van der Waals surface area (Å²) in [5.41, 5.74) is -0.390. The van der Waals surface area contributed by atoms with Gasteiger partial charge >= 0.3 is 0 Å². The summed E-state index contributed by atoms with van der Waals surface area (Å²) in [6, 6.07) is 5.42. The molecule has 0 saturated carbocycles. The molecule has 0 spiro atoms. The lowest BCUT2D eigenvalue weighted by atomic mass is 10.0. The van der Waals surface area contributed by atoms with Crippen LogP contribution in [0, 0.1) is 6.92 Å². The van der Waals surface area contributed by atoms with E-state index in [2.05, 4.69) is 21.2 Å². The van der Waals surface area contributed by atoms with Crippen LogP contribution in [0.25, 0.3) is 0 Å². The normalized spacial score (nSPS) is 11.2. The lowest BCUT2D eigenvalue weighted by Crippen LogP contribution is -2.58. The second kappa shape index (κ2) is 7.58. The Balaban J connectivity index is 2.59. The number of aryl methyl sites for hydroxylation is 1. The van der Waals surface area contributed by atoms with Gasteiger partial charge in [0.2, 0.25) is 0 Å². The monoisotopic (exact) mass is 347 g/mol. The Hall–Kier alpha value is -1.15. The molecular formula is C13H18BrNO5. The van der Waals surface area contributed by atoms with Crippen LogP contribution in [-0.2, 0) is 4.79 Å². The number of carbonyl (C=O) groups excluding carboxylic acids is 1. The number of aliphatic hydroxyl groups excluding tert-OH is 3. The van der Waals surface area contributed by atoms with Crippen molar-refractivity contribution in [3.8, 4) is 5.75 Å². The SMILES string of the molecule is Cc1ccc(OCC(=O)NC(CO)(CO)CO)c(Br)c1. The Labute approximate surface area is 125 Å². The summed E-state index contributed by atoms with van der Waals surface area (Å²) in [5.74, 6) is -0.0389. The van der Waals surface area contributed by atoms with Gasteiger partial charge in [-0.2, -0.15) is 0 Å². The highest BCUT2D eigenvalue weighted by molar-refractivity contribution is 9.10. The van der Waals surface area contributed by atoms with E-state index in [1.54, 1.807) is 6.07 Å². The van der Waals surface area contributed by atoms with Crippen LogP contribution in [0.1, 0.15) is 5.56 Å². The first-order valence-corrected chi connectivity index (χ1v) is 6.78. The van der Waals surface area contributed by atoms with E-state index in [1.165, 1.54) is 0 Å². The molecule has 1 aromatic rings. The van der Waals surface area contributed by atoms with Gasteiger partial charge in [-0.15, -0.1) is 0 Å². The summed E-state index contributed by atoms with van der Waals surface area (Å²) in [7, 11) is 0. The molecule has 0 atom stereocenters. The summed E-state index contributed by atoms with van der Waals surface area (Å²) in [6.07, 6.45) is 0. The van der Waals surface area contributed by atoms with Gasteiger partial charge in [0.15, 0.2) is 6.61 Å². The molecule has 0 aliphatic carbocycles. The lowest BCUT2D eigenvalue weighted by molar-refractivity contribution is -0.127. The molecule has 0 fully saturated rings. The average molecular weight is 348 g/mol. The third kappa shape index (κ3) is 4.45. The molecule has 0 bridgehead atoms. The molecule has 1 amide bonds. The van der Waals surface area contributed by atoms with Gasteiger partial charge < -0.3 is 25.4 Å². The van der Waals surface area contributed by atoms with Gasteiger partial charge in [-0.1, -0.05) is 6.07 Å². The number of amides is 1. The van der Waals surface area contributed by atoms with E-state index >= 15 is 0 Å². The standard InChI is InChI=1S/C13H18BrNO5/c1-9-2-3-11(10(14)4-9)20-5-12(19)15-13(6-16,7-17)8-18/h2-4,16-18H,5-8H2,1H3,(H,15,19). The molecule has 112 valence electrons. The van der Waals surface area contributed by atoms with Crippen molar-refractivity contribution in [1.29, 1.82) is 0 Å². The predicted molar refractivity (Wildman–Crippen MR) is 76.5 cm³/mol. The maximum Gasteiger partial charge on any atom is 0.258 e. The number of hydrogen-bond acceptors (Lipinski definition) is 5. The first-order valence-electron chi connectivity index (χ1n) is 5.99. The van der Waals surface area contributed by atoms with Gasteiger partial charge in [-0.05, 0) is 40.5 Å². The Kier molecular flexibility index (Phi) is 6.41. The zero-order chi connectivity index (χ0) is 15.2. The van der Waals surface area contributed by atoms with Gasteiger partial charge in [0.1, 0.15) is 11.3 Å². The first kappa shape index (κ1) is 16.9. The Bertz CT molecular complexity index is 454. The highest BCUT2D eigenvalue weighted by Gasteiger charge is 2.30.